The van der Waals surface area contributed by atoms with E-state index in [1.807, 2.05) is 36.4 Å². The van der Waals surface area contributed by atoms with E-state index in [4.69, 9.17) is 42.1 Å². The van der Waals surface area contributed by atoms with Gasteiger partial charge in [-0.1, -0.05) is 59.6 Å². The van der Waals surface area contributed by atoms with Crippen molar-refractivity contribution in [1.29, 1.82) is 0 Å². The van der Waals surface area contributed by atoms with Gasteiger partial charge in [0.2, 0.25) is 0 Å². The van der Waals surface area contributed by atoms with Crippen LogP contribution in [0.25, 0.3) is 11.1 Å². The van der Waals surface area contributed by atoms with Gasteiger partial charge in [-0.05, 0) is 78.4 Å². The minimum atomic E-state index is -1.80. The highest BCUT2D eigenvalue weighted by atomic mass is 35.5. The Hall–Kier alpha value is -5.90. The minimum Gasteiger partial charge on any atom is -0.488 e. The number of aromatic nitrogens is 2. The lowest BCUT2D eigenvalue weighted by Crippen LogP contribution is -2.46. The third kappa shape index (κ3) is 12.9. The van der Waals surface area contributed by atoms with Gasteiger partial charge in [0.25, 0.3) is 0 Å². The van der Waals surface area contributed by atoms with Crippen LogP contribution >= 0.6 is 23.2 Å². The van der Waals surface area contributed by atoms with Crippen LogP contribution in [0.4, 0.5) is 0 Å². The molecule has 6 rings (SSSR count). The molecular weight excluding hydrogens is 869 g/mol. The molecule has 2 atom stereocenters. The van der Waals surface area contributed by atoms with E-state index in [1.54, 1.807) is 75.6 Å². The highest BCUT2D eigenvalue weighted by Crippen LogP contribution is 2.37. The molecule has 0 aliphatic heterocycles. The van der Waals surface area contributed by atoms with Crippen LogP contribution in [-0.4, -0.2) is 75.4 Å². The molecule has 2 aromatic heterocycles. The number of hydrogen-bond acceptors (Lipinski definition) is 13. The SMILES string of the molecule is C/N=C/c1cncc(COc2cc(OCc3cccc(-c4cccc(COc5cc(OCc6cncc(/C=N/C)c6)c(CN[C@@H](C(O)O)[C@@H](C)O)cc5Cl)c4C)c3C)c(Cl)cc2CO)c1. The fourth-order valence-corrected chi connectivity index (χ4v) is 7.65. The molecule has 13 nitrogen and oxygen atoms in total. The molecule has 6 aromatic rings. The Balaban J connectivity index is 1.19. The first kappa shape index (κ1) is 48.6. The Labute approximate surface area is 389 Å². The van der Waals surface area contributed by atoms with Crippen LogP contribution in [0.5, 0.6) is 23.0 Å². The predicted octanol–water partition coefficient (Wildman–Crippen LogP) is 8.12. The smallest absolute Gasteiger partial charge is 0.169 e. The monoisotopic (exact) mass is 921 g/mol. The van der Waals surface area contributed by atoms with Gasteiger partial charge >= 0.3 is 0 Å². The second-order valence-electron chi connectivity index (χ2n) is 15.4. The average molecular weight is 923 g/mol. The summed E-state index contributed by atoms with van der Waals surface area (Å²) < 4.78 is 25.1. The van der Waals surface area contributed by atoms with Crippen LogP contribution in [0.15, 0.2) is 108 Å². The number of rotatable bonds is 21. The standard InChI is InChI=1S/C50H53Cl2N5O8/c1-30-37(28-64-47-16-45(62-26-35-12-33(18-53-4)20-55-22-35)39(14-43(47)51)24-57-49(32(3)59)50(60)61)8-6-10-41(30)42-11-7-9-38(31(42)2)29-65-48-17-46(40(25-58)15-44(48)52)63-27-36-13-34(19-54-5)21-56-23-36/h6-23,32,49-50,57-61H,24-29H2,1-5H3/b53-18+,54-19+/t32-,49-/m1/s1. The molecule has 0 bridgehead atoms. The molecule has 340 valence electrons. The first-order valence-corrected chi connectivity index (χ1v) is 21.6. The zero-order chi connectivity index (χ0) is 46.5. The molecule has 0 saturated carbocycles. The van der Waals surface area contributed by atoms with Gasteiger partial charge in [0.05, 0.1) is 28.8 Å². The fraction of sp³-hybridized carbons (Fsp3) is 0.280. The van der Waals surface area contributed by atoms with Gasteiger partial charge in [-0.2, -0.15) is 0 Å². The van der Waals surface area contributed by atoms with Crippen LogP contribution in [0.2, 0.25) is 10.0 Å². The maximum absolute atomic E-state index is 10.1. The minimum absolute atomic E-state index is 0.107. The molecule has 0 spiro atoms. The van der Waals surface area contributed by atoms with E-state index in [0.717, 1.165) is 55.6 Å². The van der Waals surface area contributed by atoms with Gasteiger partial charge in [0.15, 0.2) is 6.29 Å². The van der Waals surface area contributed by atoms with E-state index < -0.39 is 18.4 Å². The molecule has 0 aliphatic rings. The predicted molar refractivity (Wildman–Crippen MR) is 254 cm³/mol. The summed E-state index contributed by atoms with van der Waals surface area (Å²) in [5, 5.41) is 43.6. The summed E-state index contributed by atoms with van der Waals surface area (Å²) >= 11 is 13.5. The summed E-state index contributed by atoms with van der Waals surface area (Å²) in [5.41, 5.74) is 10.5. The Bertz CT molecular complexity index is 2610. The van der Waals surface area contributed by atoms with Crippen molar-refractivity contribution >= 4 is 35.6 Å². The van der Waals surface area contributed by atoms with Gasteiger partial charge in [0.1, 0.15) is 49.4 Å². The van der Waals surface area contributed by atoms with E-state index >= 15 is 0 Å². The largest absolute Gasteiger partial charge is 0.488 e. The Morgan fingerprint density at radius 2 is 1.08 bits per heavy atom. The number of halogens is 2. The molecule has 65 heavy (non-hydrogen) atoms. The third-order valence-corrected chi connectivity index (χ3v) is 11.3. The molecule has 4 aromatic carbocycles. The number of aliphatic hydroxyl groups is 4. The second kappa shape index (κ2) is 23.3. The summed E-state index contributed by atoms with van der Waals surface area (Å²) in [4.78, 5) is 16.7. The van der Waals surface area contributed by atoms with E-state index in [-0.39, 0.29) is 39.6 Å². The van der Waals surface area contributed by atoms with E-state index in [2.05, 4.69) is 51.2 Å². The maximum atomic E-state index is 10.1. The number of nitrogens with one attached hydrogen (secondary N) is 1. The molecule has 0 unspecified atom stereocenters. The van der Waals surface area contributed by atoms with Crippen molar-refractivity contribution in [3.63, 3.8) is 0 Å². The molecule has 0 fully saturated rings. The summed E-state index contributed by atoms with van der Waals surface area (Å²) in [5.74, 6) is 1.70. The lowest BCUT2D eigenvalue weighted by Gasteiger charge is -2.24. The number of hydrogen-bond donors (Lipinski definition) is 5. The van der Waals surface area contributed by atoms with Crippen LogP contribution in [0.1, 0.15) is 62.6 Å². The summed E-state index contributed by atoms with van der Waals surface area (Å²) in [7, 11) is 3.38. The number of ether oxygens (including phenoxy) is 4. The fourth-order valence-electron chi connectivity index (χ4n) is 7.17. The van der Waals surface area contributed by atoms with Crippen LogP contribution in [0, 0.1) is 13.8 Å². The van der Waals surface area contributed by atoms with Crippen molar-refractivity contribution < 1.29 is 39.4 Å². The van der Waals surface area contributed by atoms with Crippen LogP contribution in [-0.2, 0) is 39.6 Å². The van der Waals surface area contributed by atoms with E-state index in [9.17, 15) is 20.4 Å². The summed E-state index contributed by atoms with van der Waals surface area (Å²) in [6, 6.07) is 21.7. The quantitative estimate of drug-likeness (QED) is 0.0348. The van der Waals surface area contributed by atoms with Crippen molar-refractivity contribution in [1.82, 2.24) is 15.3 Å². The van der Waals surface area contributed by atoms with E-state index in [0.29, 0.717) is 44.2 Å². The molecule has 15 heteroatoms. The second-order valence-corrected chi connectivity index (χ2v) is 16.2. The van der Waals surface area contributed by atoms with Crippen molar-refractivity contribution in [2.45, 2.75) is 78.8 Å². The van der Waals surface area contributed by atoms with Gasteiger partial charge in [0, 0.05) is 103 Å². The first-order chi connectivity index (χ1) is 31.4. The summed E-state index contributed by atoms with van der Waals surface area (Å²) in [6.07, 6.45) is 7.42. The van der Waals surface area contributed by atoms with Crippen molar-refractivity contribution in [2.75, 3.05) is 14.1 Å². The normalized spacial score (nSPS) is 12.6. The zero-order valence-electron chi connectivity index (χ0n) is 36.8. The van der Waals surface area contributed by atoms with Crippen molar-refractivity contribution in [3.8, 4) is 34.1 Å². The molecule has 0 amide bonds. The Morgan fingerprint density at radius 1 is 0.615 bits per heavy atom. The molecule has 0 aliphatic carbocycles. The lowest BCUT2D eigenvalue weighted by atomic mass is 9.92. The Morgan fingerprint density at radius 3 is 1.52 bits per heavy atom. The topological polar surface area (TPSA) is 180 Å². The molecule has 2 heterocycles. The van der Waals surface area contributed by atoms with Crippen molar-refractivity contribution in [3.05, 3.63) is 163 Å². The van der Waals surface area contributed by atoms with Gasteiger partial charge < -0.3 is 44.7 Å². The molecule has 5 N–H and O–H groups in total. The number of aliphatic imine (C=N–C) groups is 2. The highest BCUT2D eigenvalue weighted by Gasteiger charge is 2.23. The number of benzene rings is 4. The maximum Gasteiger partial charge on any atom is 0.169 e. The van der Waals surface area contributed by atoms with Crippen LogP contribution in [0.3, 0.4) is 0 Å². The number of pyridine rings is 2. The number of nitrogens with zero attached hydrogens (tertiary/aromatic N) is 4. The molecular formula is C50H53Cl2N5O8. The van der Waals surface area contributed by atoms with E-state index in [1.165, 1.54) is 6.92 Å². The van der Waals surface area contributed by atoms with Gasteiger partial charge in [-0.15, -0.1) is 0 Å². The first-order valence-electron chi connectivity index (χ1n) is 20.8. The molecule has 0 saturated heterocycles. The third-order valence-electron chi connectivity index (χ3n) is 10.7. The van der Waals surface area contributed by atoms with Gasteiger partial charge in [-0.25, -0.2) is 0 Å². The molecule has 0 radical (unpaired) electrons. The lowest BCUT2D eigenvalue weighted by molar-refractivity contribution is -0.0937. The van der Waals surface area contributed by atoms with Crippen molar-refractivity contribution in [2.24, 2.45) is 9.98 Å². The zero-order valence-corrected chi connectivity index (χ0v) is 38.3. The highest BCUT2D eigenvalue weighted by molar-refractivity contribution is 6.32. The summed E-state index contributed by atoms with van der Waals surface area (Å²) in [6.45, 7) is 6.23. The number of aliphatic hydroxyl groups excluding tert-OH is 3. The van der Waals surface area contributed by atoms with Gasteiger partial charge in [-0.3, -0.25) is 20.0 Å². The average Bonchev–Trinajstić information content (AvgIpc) is 3.28. The Kier molecular flexibility index (Phi) is 17.4. The van der Waals surface area contributed by atoms with Crippen LogP contribution < -0.4 is 24.3 Å².